The number of nitrogens with zero attached hydrogens (tertiary/aromatic N) is 1. The smallest absolute Gasteiger partial charge is 0.241 e. The molecule has 1 aromatic carbocycles. The van der Waals surface area contributed by atoms with Gasteiger partial charge in [0.25, 0.3) is 0 Å². The summed E-state index contributed by atoms with van der Waals surface area (Å²) in [7, 11) is -3.50. The molecule has 1 aliphatic rings. The molecule has 0 unspecified atom stereocenters. The van der Waals surface area contributed by atoms with Crippen LogP contribution < -0.4 is 16.2 Å². The van der Waals surface area contributed by atoms with E-state index in [-0.39, 0.29) is 17.4 Å². The Morgan fingerprint density at radius 1 is 1.14 bits per heavy atom. The molecule has 0 saturated carbocycles. The fourth-order valence-electron chi connectivity index (χ4n) is 2.78. The van der Waals surface area contributed by atoms with Gasteiger partial charge >= 0.3 is 0 Å². The number of nitrogens with one attached hydrogen (secondary N) is 3. The molecule has 28 heavy (non-hydrogen) atoms. The van der Waals surface area contributed by atoms with Gasteiger partial charge in [-0.2, -0.15) is 4.31 Å². The van der Waals surface area contributed by atoms with Gasteiger partial charge in [0.2, 0.25) is 15.9 Å². The number of carbonyl (C=O) groups excluding carboxylic acids is 1. The molecule has 1 fully saturated rings. The maximum Gasteiger partial charge on any atom is 0.241 e. The number of amides is 1. The summed E-state index contributed by atoms with van der Waals surface area (Å²) in [5.74, 6) is -0.440. The molecule has 3 N–H and O–H groups in total. The van der Waals surface area contributed by atoms with Crippen molar-refractivity contribution in [1.29, 1.82) is 0 Å². The van der Waals surface area contributed by atoms with Crippen molar-refractivity contribution in [3.05, 3.63) is 41.3 Å². The Labute approximate surface area is 172 Å². The summed E-state index contributed by atoms with van der Waals surface area (Å²) >= 11 is 5.13. The topological polar surface area (TPSA) is 90.5 Å². The van der Waals surface area contributed by atoms with Crippen LogP contribution in [0.3, 0.4) is 0 Å². The first-order valence-electron chi connectivity index (χ1n) is 9.18. The maximum absolute atomic E-state index is 12.5. The van der Waals surface area contributed by atoms with Crippen LogP contribution in [-0.2, 0) is 14.8 Å². The summed E-state index contributed by atoms with van der Waals surface area (Å²) < 4.78 is 26.4. The Kier molecular flexibility index (Phi) is 7.56. The number of hydrogen-bond acceptors (Lipinski definition) is 4. The van der Waals surface area contributed by atoms with Crippen molar-refractivity contribution in [3.8, 4) is 0 Å². The lowest BCUT2D eigenvalue weighted by Gasteiger charge is -2.30. The van der Waals surface area contributed by atoms with Crippen molar-refractivity contribution in [2.45, 2.75) is 39.2 Å². The molecule has 0 aromatic heterocycles. The summed E-state index contributed by atoms with van der Waals surface area (Å²) in [6.07, 6.45) is 2.51. The third-order valence-corrected chi connectivity index (χ3v) is 5.97. The van der Waals surface area contributed by atoms with Gasteiger partial charge in [-0.1, -0.05) is 30.3 Å². The van der Waals surface area contributed by atoms with E-state index in [4.69, 9.17) is 12.2 Å². The number of sulfonamides is 1. The second-order valence-corrected chi connectivity index (χ2v) is 9.98. The molecule has 2 rings (SSSR count). The second kappa shape index (κ2) is 9.49. The van der Waals surface area contributed by atoms with Gasteiger partial charge in [0.15, 0.2) is 5.11 Å². The van der Waals surface area contributed by atoms with E-state index in [2.05, 4.69) is 16.2 Å². The van der Waals surface area contributed by atoms with Gasteiger partial charge < -0.3 is 5.32 Å². The van der Waals surface area contributed by atoms with Crippen molar-refractivity contribution in [2.75, 3.05) is 13.1 Å². The molecule has 0 atom stereocenters. The lowest BCUT2D eigenvalue weighted by Crippen LogP contribution is -2.54. The van der Waals surface area contributed by atoms with Gasteiger partial charge in [-0.05, 0) is 57.5 Å². The molecule has 0 radical (unpaired) electrons. The molecule has 0 aliphatic carbocycles. The molecule has 1 saturated heterocycles. The number of piperidine rings is 1. The van der Waals surface area contributed by atoms with E-state index in [0.717, 1.165) is 5.56 Å². The summed E-state index contributed by atoms with van der Waals surface area (Å²) in [4.78, 5) is 12.3. The predicted octanol–water partition coefficient (Wildman–Crippen LogP) is 1.99. The van der Waals surface area contributed by atoms with E-state index in [9.17, 15) is 13.2 Å². The third kappa shape index (κ3) is 7.21. The highest BCUT2D eigenvalue weighted by atomic mass is 32.2. The van der Waals surface area contributed by atoms with Crippen LogP contribution in [0, 0.1) is 5.92 Å². The minimum Gasteiger partial charge on any atom is -0.357 e. The van der Waals surface area contributed by atoms with Gasteiger partial charge in [-0.3, -0.25) is 15.6 Å². The molecule has 9 heteroatoms. The zero-order chi connectivity index (χ0) is 20.8. The average molecular weight is 425 g/mol. The van der Waals surface area contributed by atoms with Crippen LogP contribution in [0.5, 0.6) is 0 Å². The van der Waals surface area contributed by atoms with E-state index in [1.807, 2.05) is 51.1 Å². The molecule has 0 bridgehead atoms. The second-order valence-electron chi connectivity index (χ2n) is 7.75. The number of rotatable bonds is 4. The first-order valence-corrected chi connectivity index (χ1v) is 11.1. The number of hydrogen-bond donors (Lipinski definition) is 3. The van der Waals surface area contributed by atoms with Crippen LogP contribution in [0.15, 0.2) is 35.7 Å². The Hall–Kier alpha value is -1.97. The molecule has 7 nitrogen and oxygen atoms in total. The largest absolute Gasteiger partial charge is 0.357 e. The van der Waals surface area contributed by atoms with Crippen molar-refractivity contribution < 1.29 is 13.2 Å². The summed E-state index contributed by atoms with van der Waals surface area (Å²) in [6, 6.07) is 9.27. The van der Waals surface area contributed by atoms with E-state index < -0.39 is 10.0 Å². The fourth-order valence-corrected chi connectivity index (χ4v) is 4.36. The SMILES string of the molecule is CC(C)(C)NC(=S)NNC(=O)C1CCN(S(=O)(=O)/C=C/c2ccccc2)CC1. The molecule has 1 amide bonds. The summed E-state index contributed by atoms with van der Waals surface area (Å²) in [5.41, 5.74) is 5.91. The Morgan fingerprint density at radius 2 is 1.75 bits per heavy atom. The molecular weight excluding hydrogens is 396 g/mol. The molecule has 0 spiro atoms. The highest BCUT2D eigenvalue weighted by Gasteiger charge is 2.30. The third-order valence-electron chi connectivity index (χ3n) is 4.20. The average Bonchev–Trinajstić information content (AvgIpc) is 2.64. The van der Waals surface area contributed by atoms with Crippen molar-refractivity contribution in [3.63, 3.8) is 0 Å². The summed E-state index contributed by atoms with van der Waals surface area (Å²) in [5, 5.41) is 4.61. The summed E-state index contributed by atoms with van der Waals surface area (Å²) in [6.45, 7) is 6.51. The van der Waals surface area contributed by atoms with Crippen LogP contribution >= 0.6 is 12.2 Å². The lowest BCUT2D eigenvalue weighted by atomic mass is 9.98. The van der Waals surface area contributed by atoms with E-state index >= 15 is 0 Å². The minimum atomic E-state index is -3.50. The molecule has 1 aromatic rings. The normalized spacial score (nSPS) is 16.7. The van der Waals surface area contributed by atoms with Gasteiger partial charge in [-0.25, -0.2) is 8.42 Å². The highest BCUT2D eigenvalue weighted by molar-refractivity contribution is 7.92. The zero-order valence-electron chi connectivity index (χ0n) is 16.4. The first-order chi connectivity index (χ1) is 13.1. The predicted molar refractivity (Wildman–Crippen MR) is 115 cm³/mol. The van der Waals surface area contributed by atoms with Crippen LogP contribution in [0.1, 0.15) is 39.2 Å². The van der Waals surface area contributed by atoms with Gasteiger partial charge in [0.05, 0.1) is 0 Å². The van der Waals surface area contributed by atoms with Gasteiger partial charge in [0.1, 0.15) is 0 Å². The Bertz CT molecular complexity index is 809. The number of thiocarbonyl (C=S) groups is 1. The monoisotopic (exact) mass is 424 g/mol. The number of hydrazine groups is 1. The minimum absolute atomic E-state index is 0.185. The first kappa shape index (κ1) is 22.3. The van der Waals surface area contributed by atoms with Gasteiger partial charge in [-0.15, -0.1) is 0 Å². The van der Waals surface area contributed by atoms with Crippen molar-refractivity contribution in [2.24, 2.45) is 5.92 Å². The van der Waals surface area contributed by atoms with Crippen LogP contribution in [0.2, 0.25) is 0 Å². The highest BCUT2D eigenvalue weighted by Crippen LogP contribution is 2.20. The van der Waals surface area contributed by atoms with E-state index in [0.29, 0.717) is 31.0 Å². The molecular formula is C19H28N4O3S2. The number of carbonyl (C=O) groups is 1. The van der Waals surface area contributed by atoms with Crippen molar-refractivity contribution >= 4 is 39.3 Å². The molecule has 154 valence electrons. The number of benzene rings is 1. The Balaban J connectivity index is 1.82. The van der Waals surface area contributed by atoms with E-state index in [1.54, 1.807) is 6.08 Å². The van der Waals surface area contributed by atoms with Crippen molar-refractivity contribution in [1.82, 2.24) is 20.5 Å². The lowest BCUT2D eigenvalue weighted by molar-refractivity contribution is -0.126. The fraction of sp³-hybridized carbons (Fsp3) is 0.474. The Morgan fingerprint density at radius 3 is 2.32 bits per heavy atom. The maximum atomic E-state index is 12.5. The van der Waals surface area contributed by atoms with E-state index in [1.165, 1.54) is 9.71 Å². The standard InChI is InChI=1S/C19H28N4O3S2/c1-19(2,3)20-18(27)22-21-17(24)16-9-12-23(13-10-16)28(25,26)14-11-15-7-5-4-6-8-15/h4-8,11,14,16H,9-10,12-13H2,1-3H3,(H,21,24)(H2,20,22,27)/b14-11+. The molecule has 1 heterocycles. The van der Waals surface area contributed by atoms with Gasteiger partial charge in [0, 0.05) is 30.0 Å². The molecule has 1 aliphatic heterocycles. The van der Waals surface area contributed by atoms with Crippen LogP contribution in [-0.4, -0.2) is 42.4 Å². The quantitative estimate of drug-likeness (QED) is 0.506. The van der Waals surface area contributed by atoms with Crippen LogP contribution in [0.4, 0.5) is 0 Å². The van der Waals surface area contributed by atoms with Crippen LogP contribution in [0.25, 0.3) is 6.08 Å². The zero-order valence-corrected chi connectivity index (χ0v) is 18.1.